The molecule has 27 heavy (non-hydrogen) atoms. The van der Waals surface area contributed by atoms with E-state index in [4.69, 9.17) is 28.2 Å². The number of sulfone groups is 1. The number of hydrogen-bond donors (Lipinski definition) is 0. The molecule has 4 rings (SSSR count). The third-order valence-electron chi connectivity index (χ3n) is 4.76. The maximum Gasteiger partial charge on any atom is 0.160 e. The second-order valence-corrected chi connectivity index (χ2v) is 10.8. The molecule has 0 saturated carbocycles. The first kappa shape index (κ1) is 19.1. The topological polar surface area (TPSA) is 49.7 Å². The van der Waals surface area contributed by atoms with Crippen LogP contribution in [0.1, 0.15) is 11.1 Å². The van der Waals surface area contributed by atoms with E-state index < -0.39 is 9.84 Å². The fraction of sp³-hybridized carbons (Fsp3) is 0.316. The number of aliphatic imine (C=N–C) groups is 1. The largest absolute Gasteiger partial charge is 0.341 e. The van der Waals surface area contributed by atoms with Crippen LogP contribution in [0, 0.1) is 0 Å². The van der Waals surface area contributed by atoms with Crippen LogP contribution in [0.4, 0.5) is 0 Å². The Hall–Kier alpha value is -1.21. The smallest absolute Gasteiger partial charge is 0.160 e. The fourth-order valence-electron chi connectivity index (χ4n) is 3.41. The highest BCUT2D eigenvalue weighted by Gasteiger charge is 2.46. The highest BCUT2D eigenvalue weighted by Crippen LogP contribution is 2.33. The minimum atomic E-state index is -3.03. The van der Waals surface area contributed by atoms with Gasteiger partial charge in [0.2, 0.25) is 0 Å². The Labute approximate surface area is 173 Å². The summed E-state index contributed by atoms with van der Waals surface area (Å²) < 4.78 is 24.1. The summed E-state index contributed by atoms with van der Waals surface area (Å²) in [7, 11) is -3.03. The van der Waals surface area contributed by atoms with Crippen molar-refractivity contribution < 1.29 is 8.42 Å². The molecule has 4 nitrogen and oxygen atoms in total. The minimum absolute atomic E-state index is 0.0848. The van der Waals surface area contributed by atoms with Crippen LogP contribution >= 0.6 is 35.0 Å². The molecule has 2 unspecified atom stereocenters. The zero-order valence-corrected chi connectivity index (χ0v) is 17.5. The first-order valence-electron chi connectivity index (χ1n) is 8.56. The molecule has 0 N–H and O–H groups in total. The van der Waals surface area contributed by atoms with Gasteiger partial charge in [0.05, 0.1) is 23.6 Å². The third kappa shape index (κ3) is 4.45. The zero-order valence-electron chi connectivity index (χ0n) is 14.4. The van der Waals surface area contributed by atoms with Crippen molar-refractivity contribution in [2.24, 2.45) is 4.99 Å². The van der Waals surface area contributed by atoms with Crippen LogP contribution in [-0.4, -0.2) is 42.1 Å². The van der Waals surface area contributed by atoms with Crippen molar-refractivity contribution >= 4 is 50.0 Å². The predicted octanol–water partition coefficient (Wildman–Crippen LogP) is 4.26. The molecule has 8 heteroatoms. The average Bonchev–Trinajstić information content (AvgIpc) is 3.09. The van der Waals surface area contributed by atoms with Gasteiger partial charge >= 0.3 is 0 Å². The van der Waals surface area contributed by atoms with Crippen molar-refractivity contribution in [3.8, 4) is 0 Å². The van der Waals surface area contributed by atoms with Gasteiger partial charge in [0, 0.05) is 22.3 Å². The van der Waals surface area contributed by atoms with Crippen molar-refractivity contribution in [2.45, 2.75) is 24.4 Å². The van der Waals surface area contributed by atoms with Crippen LogP contribution in [-0.2, 0) is 22.1 Å². The highest BCUT2D eigenvalue weighted by molar-refractivity contribution is 8.13. The number of fused-ring (bicyclic) bond motifs is 1. The summed E-state index contributed by atoms with van der Waals surface area (Å²) in [6, 6.07) is 15.1. The summed E-state index contributed by atoms with van der Waals surface area (Å²) in [5.41, 5.74) is 2.24. The van der Waals surface area contributed by atoms with Gasteiger partial charge in [-0.15, -0.1) is 0 Å². The lowest BCUT2D eigenvalue weighted by Crippen LogP contribution is -2.38. The van der Waals surface area contributed by atoms with E-state index >= 15 is 0 Å². The van der Waals surface area contributed by atoms with Crippen molar-refractivity contribution in [3.05, 3.63) is 69.7 Å². The van der Waals surface area contributed by atoms with E-state index in [1.807, 2.05) is 48.5 Å². The van der Waals surface area contributed by atoms with Crippen molar-refractivity contribution in [3.63, 3.8) is 0 Å². The number of thioether (sulfide) groups is 1. The molecule has 0 aromatic heterocycles. The van der Waals surface area contributed by atoms with Crippen LogP contribution in [0.15, 0.2) is 53.5 Å². The number of amidine groups is 1. The van der Waals surface area contributed by atoms with Crippen molar-refractivity contribution in [2.75, 3.05) is 11.5 Å². The van der Waals surface area contributed by atoms with Gasteiger partial charge in [-0.25, -0.2) is 8.42 Å². The molecule has 0 bridgehead atoms. The van der Waals surface area contributed by atoms with Gasteiger partial charge in [-0.2, -0.15) is 0 Å². The predicted molar refractivity (Wildman–Crippen MR) is 113 cm³/mol. The fourth-order valence-corrected chi connectivity index (χ4v) is 6.60. The average molecular weight is 441 g/mol. The molecule has 1 saturated heterocycles. The molecule has 2 aromatic rings. The van der Waals surface area contributed by atoms with E-state index in [2.05, 4.69) is 4.90 Å². The normalized spacial score (nSPS) is 23.3. The molecule has 0 radical (unpaired) electrons. The standard InChI is InChI=1S/C19H18Cl2N2O2S2/c20-15-5-1-13(2-6-15)9-23-18-12-27(24,25)11-17(18)22-19(23)26-10-14-3-7-16(21)8-4-14/h1-8,17-18H,9-12H2. The van der Waals surface area contributed by atoms with E-state index in [0.29, 0.717) is 16.6 Å². The summed E-state index contributed by atoms with van der Waals surface area (Å²) in [6.07, 6.45) is 0. The quantitative estimate of drug-likeness (QED) is 0.712. The number of hydrogen-bond acceptors (Lipinski definition) is 5. The van der Waals surface area contributed by atoms with E-state index in [1.54, 1.807) is 11.8 Å². The number of halogens is 2. The molecule has 2 heterocycles. The summed E-state index contributed by atoms with van der Waals surface area (Å²) in [5, 5.41) is 2.31. The summed E-state index contributed by atoms with van der Waals surface area (Å²) >= 11 is 13.6. The van der Waals surface area contributed by atoms with Gasteiger partial charge in [-0.3, -0.25) is 4.99 Å². The number of rotatable bonds is 4. The molecule has 1 fully saturated rings. The second kappa shape index (κ2) is 7.66. The maximum atomic E-state index is 12.1. The van der Waals surface area contributed by atoms with E-state index in [-0.39, 0.29) is 23.6 Å². The Kier molecular flexibility index (Phi) is 5.43. The first-order valence-corrected chi connectivity index (χ1v) is 12.1. The number of nitrogens with zero attached hydrogens (tertiary/aromatic N) is 2. The second-order valence-electron chi connectivity index (χ2n) is 6.79. The van der Waals surface area contributed by atoms with Crippen molar-refractivity contribution in [1.82, 2.24) is 4.90 Å². The lowest BCUT2D eigenvalue weighted by molar-refractivity contribution is 0.343. The van der Waals surface area contributed by atoms with E-state index in [9.17, 15) is 8.42 Å². The summed E-state index contributed by atoms with van der Waals surface area (Å²) in [5.74, 6) is 1.07. The number of benzene rings is 2. The minimum Gasteiger partial charge on any atom is -0.341 e. The van der Waals surface area contributed by atoms with Gasteiger partial charge in [0.1, 0.15) is 0 Å². The van der Waals surface area contributed by atoms with Crippen LogP contribution in [0.2, 0.25) is 10.0 Å². The Morgan fingerprint density at radius 2 is 1.56 bits per heavy atom. The van der Waals surface area contributed by atoms with Crippen LogP contribution in [0.5, 0.6) is 0 Å². The Morgan fingerprint density at radius 3 is 2.19 bits per heavy atom. The lowest BCUT2D eigenvalue weighted by atomic mass is 10.1. The molecule has 2 aromatic carbocycles. The van der Waals surface area contributed by atoms with Crippen LogP contribution in [0.3, 0.4) is 0 Å². The van der Waals surface area contributed by atoms with Gasteiger partial charge in [0.25, 0.3) is 0 Å². The molecule has 0 amide bonds. The van der Waals surface area contributed by atoms with Crippen LogP contribution < -0.4 is 0 Å². The summed E-state index contributed by atoms with van der Waals surface area (Å²) in [6.45, 7) is 0.625. The SMILES string of the molecule is O=S1(=O)CC2N=C(SCc3ccc(Cl)cc3)N(Cc3ccc(Cl)cc3)C2C1. The molecule has 2 aliphatic heterocycles. The molecule has 0 aliphatic carbocycles. The van der Waals surface area contributed by atoms with Crippen LogP contribution in [0.25, 0.3) is 0 Å². The molecular formula is C19H18Cl2N2O2S2. The maximum absolute atomic E-state index is 12.1. The van der Waals surface area contributed by atoms with E-state index in [0.717, 1.165) is 22.0 Å². The van der Waals surface area contributed by atoms with Crippen molar-refractivity contribution in [1.29, 1.82) is 0 Å². The highest BCUT2D eigenvalue weighted by atomic mass is 35.5. The van der Waals surface area contributed by atoms with Gasteiger partial charge < -0.3 is 4.90 Å². The summed E-state index contributed by atoms with van der Waals surface area (Å²) in [4.78, 5) is 6.89. The Bertz CT molecular complexity index is 960. The Morgan fingerprint density at radius 1 is 0.963 bits per heavy atom. The third-order valence-corrected chi connectivity index (χ3v) is 8.04. The van der Waals surface area contributed by atoms with Gasteiger partial charge in [0.15, 0.2) is 15.0 Å². The molecule has 0 spiro atoms. The monoisotopic (exact) mass is 440 g/mol. The lowest BCUT2D eigenvalue weighted by Gasteiger charge is -2.26. The zero-order chi connectivity index (χ0) is 19.0. The van der Waals surface area contributed by atoms with Gasteiger partial charge in [-0.05, 0) is 35.4 Å². The molecule has 2 aliphatic rings. The Balaban J connectivity index is 1.53. The van der Waals surface area contributed by atoms with E-state index in [1.165, 1.54) is 0 Å². The molecular weight excluding hydrogens is 423 g/mol. The van der Waals surface area contributed by atoms with Gasteiger partial charge in [-0.1, -0.05) is 59.2 Å². The molecule has 2 atom stereocenters. The molecule has 142 valence electrons. The first-order chi connectivity index (χ1) is 12.9.